The van der Waals surface area contributed by atoms with Gasteiger partial charge in [0.05, 0.1) is 18.8 Å². The molecule has 36 heavy (non-hydrogen) atoms. The van der Waals surface area contributed by atoms with Gasteiger partial charge in [-0.05, 0) is 53.1 Å². The summed E-state index contributed by atoms with van der Waals surface area (Å²) in [7, 11) is -4.75. The number of rotatable bonds is 10. The molecule has 0 heterocycles. The van der Waals surface area contributed by atoms with Gasteiger partial charge in [-0.15, -0.1) is 0 Å². The van der Waals surface area contributed by atoms with Crippen molar-refractivity contribution in [2.24, 2.45) is 0 Å². The van der Waals surface area contributed by atoms with Crippen molar-refractivity contribution in [3.8, 4) is 0 Å². The molecule has 0 radical (unpaired) electrons. The van der Waals surface area contributed by atoms with Crippen molar-refractivity contribution in [2.75, 3.05) is 6.61 Å². The lowest BCUT2D eigenvalue weighted by atomic mass is 10.1. The average Bonchev–Trinajstić information content (AvgIpc) is 2.87. The Bertz CT molecular complexity index is 1010. The molecule has 0 aliphatic rings. The molecule has 2 atom stereocenters. The Morgan fingerprint density at radius 3 is 1.56 bits per heavy atom. The van der Waals surface area contributed by atoms with E-state index in [0.717, 1.165) is 5.57 Å². The van der Waals surface area contributed by atoms with E-state index >= 15 is 0 Å². The van der Waals surface area contributed by atoms with Crippen molar-refractivity contribution in [1.82, 2.24) is 0 Å². The molecule has 0 unspecified atom stereocenters. The number of benzene rings is 3. The van der Waals surface area contributed by atoms with Gasteiger partial charge in [-0.3, -0.25) is 0 Å². The molecule has 5 heteroatoms. The fourth-order valence-electron chi connectivity index (χ4n) is 4.26. The summed E-state index contributed by atoms with van der Waals surface area (Å²) in [6, 6.07) is 31.7. The van der Waals surface area contributed by atoms with Crippen LogP contribution in [0.2, 0.25) is 18.1 Å². The van der Waals surface area contributed by atoms with Crippen molar-refractivity contribution in [1.29, 1.82) is 0 Å². The number of hydrogen-bond acceptors (Lipinski definition) is 3. The Morgan fingerprint density at radius 1 is 0.806 bits per heavy atom. The Labute approximate surface area is 220 Å². The molecule has 0 saturated carbocycles. The van der Waals surface area contributed by atoms with Crippen LogP contribution < -0.4 is 15.6 Å². The Kier molecular flexibility index (Phi) is 9.30. The van der Waals surface area contributed by atoms with Gasteiger partial charge >= 0.3 is 0 Å². The summed E-state index contributed by atoms with van der Waals surface area (Å²) in [6.07, 6.45) is 1.07. The van der Waals surface area contributed by atoms with E-state index in [4.69, 9.17) is 8.85 Å². The van der Waals surface area contributed by atoms with Crippen LogP contribution in [0.5, 0.6) is 0 Å². The average molecular weight is 519 g/mol. The molecule has 3 aromatic rings. The van der Waals surface area contributed by atoms with Crippen LogP contribution in [0.1, 0.15) is 34.6 Å². The van der Waals surface area contributed by atoms with Crippen molar-refractivity contribution >= 4 is 32.2 Å². The molecule has 0 aliphatic carbocycles. The maximum atomic E-state index is 11.1. The first-order valence-corrected chi connectivity index (χ1v) is 17.6. The van der Waals surface area contributed by atoms with Gasteiger partial charge in [0.1, 0.15) is 0 Å². The quantitative estimate of drug-likeness (QED) is 0.222. The summed E-state index contributed by atoms with van der Waals surface area (Å²) in [5, 5.41) is 14.8. The zero-order chi connectivity index (χ0) is 26.4. The summed E-state index contributed by atoms with van der Waals surface area (Å²) in [6.45, 7) is 15.4. The monoisotopic (exact) mass is 518 g/mol. The van der Waals surface area contributed by atoms with E-state index in [1.54, 1.807) is 0 Å². The predicted molar refractivity (Wildman–Crippen MR) is 157 cm³/mol. The van der Waals surface area contributed by atoms with Crippen molar-refractivity contribution in [2.45, 2.75) is 65.0 Å². The highest BCUT2D eigenvalue weighted by Crippen LogP contribution is 2.37. The fraction of sp³-hybridized carbons (Fsp3) is 0.355. The summed E-state index contributed by atoms with van der Waals surface area (Å²) >= 11 is 0. The number of hydrogen-bond donors (Lipinski definition) is 1. The molecule has 0 saturated heterocycles. The smallest absolute Gasteiger partial charge is 0.288 e. The Hall–Kier alpha value is -2.29. The van der Waals surface area contributed by atoms with Crippen molar-refractivity contribution in [3.05, 3.63) is 103 Å². The molecule has 0 spiro atoms. The maximum absolute atomic E-state index is 11.1. The van der Waals surface area contributed by atoms with Crippen LogP contribution >= 0.6 is 0 Å². The van der Waals surface area contributed by atoms with Crippen LogP contribution in [0.25, 0.3) is 0 Å². The molecule has 0 bridgehead atoms. The summed E-state index contributed by atoms with van der Waals surface area (Å²) in [5.74, 6) is 0. The standard InChI is InChI=1S/C31H42O3Si2/c1-25(30(32)26(2)34-35(6,7)31(3,4)5)23-24-33-36(27-17-11-8-12-18-27,28-19-13-9-14-20-28)29-21-15-10-16-22-29/h8-23,26,30,32H,24H2,1-7H3/b25-23+/t26-,30-/m0/s1. The largest absolute Gasteiger partial charge is 0.411 e. The van der Waals surface area contributed by atoms with Crippen LogP contribution in [0.15, 0.2) is 103 Å². The van der Waals surface area contributed by atoms with Gasteiger partial charge in [-0.1, -0.05) is 118 Å². The predicted octanol–water partition coefficient (Wildman–Crippen LogP) is 5.39. The summed E-state index contributed by atoms with van der Waals surface area (Å²) < 4.78 is 13.4. The zero-order valence-corrected chi connectivity index (χ0v) is 24.9. The van der Waals surface area contributed by atoms with Gasteiger partial charge in [0, 0.05) is 0 Å². The van der Waals surface area contributed by atoms with E-state index in [0.29, 0.717) is 6.61 Å². The molecule has 3 nitrogen and oxygen atoms in total. The zero-order valence-electron chi connectivity index (χ0n) is 22.9. The van der Waals surface area contributed by atoms with Crippen LogP contribution in [-0.2, 0) is 8.85 Å². The maximum Gasteiger partial charge on any atom is 0.288 e. The van der Waals surface area contributed by atoms with Crippen molar-refractivity contribution < 1.29 is 14.0 Å². The first-order chi connectivity index (χ1) is 17.0. The highest BCUT2D eigenvalue weighted by molar-refractivity contribution is 7.07. The van der Waals surface area contributed by atoms with Gasteiger partial charge < -0.3 is 14.0 Å². The molecule has 3 aromatic carbocycles. The van der Waals surface area contributed by atoms with Gasteiger partial charge in [-0.25, -0.2) is 0 Å². The Balaban J connectivity index is 1.92. The fourth-order valence-corrected chi connectivity index (χ4v) is 9.49. The minimum atomic E-state index is -2.77. The van der Waals surface area contributed by atoms with Crippen LogP contribution in [-0.4, -0.2) is 40.6 Å². The second-order valence-corrected chi connectivity index (χ2v) is 19.2. The van der Waals surface area contributed by atoms with E-state index in [2.05, 4.69) is 107 Å². The van der Waals surface area contributed by atoms with Gasteiger partial charge in [0.2, 0.25) is 0 Å². The van der Waals surface area contributed by atoms with E-state index in [1.807, 2.05) is 38.1 Å². The van der Waals surface area contributed by atoms with E-state index in [1.165, 1.54) is 15.6 Å². The first-order valence-electron chi connectivity index (χ1n) is 12.8. The molecule has 0 amide bonds. The molecular formula is C31H42O3Si2. The molecule has 3 rings (SSSR count). The minimum absolute atomic E-state index is 0.0912. The molecule has 0 fully saturated rings. The van der Waals surface area contributed by atoms with E-state index < -0.39 is 22.7 Å². The van der Waals surface area contributed by atoms with E-state index in [-0.39, 0.29) is 11.1 Å². The normalized spacial score (nSPS) is 14.9. The van der Waals surface area contributed by atoms with Crippen molar-refractivity contribution in [3.63, 3.8) is 0 Å². The molecule has 0 aromatic heterocycles. The Morgan fingerprint density at radius 2 is 1.19 bits per heavy atom. The second kappa shape index (κ2) is 11.8. The third kappa shape index (κ3) is 6.34. The third-order valence-corrected chi connectivity index (χ3v) is 16.1. The number of aliphatic hydroxyl groups is 1. The van der Waals surface area contributed by atoms with Crippen LogP contribution in [0, 0.1) is 0 Å². The highest BCUT2D eigenvalue weighted by Gasteiger charge is 2.42. The molecule has 1 N–H and O–H groups in total. The van der Waals surface area contributed by atoms with Gasteiger partial charge in [-0.2, -0.15) is 0 Å². The summed E-state index contributed by atoms with van der Waals surface area (Å²) in [4.78, 5) is 0. The molecular weight excluding hydrogens is 477 g/mol. The van der Waals surface area contributed by atoms with Gasteiger partial charge in [0.25, 0.3) is 8.32 Å². The molecule has 192 valence electrons. The lowest BCUT2D eigenvalue weighted by Crippen LogP contribution is -2.69. The van der Waals surface area contributed by atoms with E-state index in [9.17, 15) is 5.11 Å². The lowest BCUT2D eigenvalue weighted by molar-refractivity contribution is 0.0616. The molecule has 0 aliphatic heterocycles. The topological polar surface area (TPSA) is 38.7 Å². The lowest BCUT2D eigenvalue weighted by Gasteiger charge is -2.39. The SMILES string of the molecule is C/C(=C\CO[Si](c1ccccc1)(c1ccccc1)c1ccccc1)[C@H](O)[C@H](C)O[Si](C)(C)C(C)(C)C. The van der Waals surface area contributed by atoms with Crippen LogP contribution in [0.3, 0.4) is 0 Å². The van der Waals surface area contributed by atoms with Crippen LogP contribution in [0.4, 0.5) is 0 Å². The summed E-state index contributed by atoms with van der Waals surface area (Å²) in [5.41, 5.74) is 0.873. The highest BCUT2D eigenvalue weighted by atomic mass is 28.4. The second-order valence-electron chi connectivity index (χ2n) is 11.1. The minimum Gasteiger partial charge on any atom is -0.411 e. The number of aliphatic hydroxyl groups excluding tert-OH is 1. The first kappa shape index (κ1) is 28.3. The third-order valence-electron chi connectivity index (χ3n) is 7.44. The van der Waals surface area contributed by atoms with Gasteiger partial charge in [0.15, 0.2) is 8.32 Å².